The molecule has 0 aromatic heterocycles. The lowest BCUT2D eigenvalue weighted by molar-refractivity contribution is 0.661. The molecule has 126 valence electrons. The third-order valence-corrected chi connectivity index (χ3v) is 6.27. The molecule has 4 aromatic rings. The van der Waals surface area contributed by atoms with Crippen molar-refractivity contribution < 1.29 is 0 Å². The lowest BCUT2D eigenvalue weighted by Gasteiger charge is -2.22. The Bertz CT molecular complexity index is 1150. The second-order valence-electron chi connectivity index (χ2n) is 7.60. The van der Waals surface area contributed by atoms with Gasteiger partial charge >= 0.3 is 0 Å². The van der Waals surface area contributed by atoms with Gasteiger partial charge in [0, 0.05) is 9.89 Å². The summed E-state index contributed by atoms with van der Waals surface area (Å²) in [6, 6.07) is 28.8. The average Bonchev–Trinajstić information content (AvgIpc) is 2.90. The van der Waals surface area contributed by atoms with E-state index < -0.39 is 0 Å². The van der Waals surface area contributed by atoms with E-state index in [2.05, 4.69) is 109 Å². The fourth-order valence-electron chi connectivity index (χ4n) is 4.33. The van der Waals surface area contributed by atoms with Crippen LogP contribution >= 0.6 is 15.9 Å². The topological polar surface area (TPSA) is 0 Å². The highest BCUT2D eigenvalue weighted by Gasteiger charge is 2.36. The SMILES string of the molecule is CC1(C)c2cc(-c3ccc(Br)cc3)ccc2-c2c1ccc1ccccc21. The van der Waals surface area contributed by atoms with Gasteiger partial charge in [-0.15, -0.1) is 0 Å². The number of rotatable bonds is 1. The molecule has 1 aliphatic carbocycles. The normalized spacial score (nSPS) is 14.3. The van der Waals surface area contributed by atoms with Gasteiger partial charge in [0.25, 0.3) is 0 Å². The quantitative estimate of drug-likeness (QED) is 0.310. The van der Waals surface area contributed by atoms with Crippen LogP contribution in [0.1, 0.15) is 25.0 Å². The van der Waals surface area contributed by atoms with Crippen LogP contribution in [-0.2, 0) is 5.41 Å². The van der Waals surface area contributed by atoms with Gasteiger partial charge in [0.2, 0.25) is 0 Å². The Kier molecular flexibility index (Phi) is 3.39. The molecular weight excluding hydrogens is 380 g/mol. The summed E-state index contributed by atoms with van der Waals surface area (Å²) in [5.74, 6) is 0. The smallest absolute Gasteiger partial charge is 0.0175 e. The molecule has 0 N–H and O–H groups in total. The molecule has 0 bridgehead atoms. The first-order valence-electron chi connectivity index (χ1n) is 8.99. The fraction of sp³-hybridized carbons (Fsp3) is 0.120. The molecular formula is C25H19Br. The molecule has 4 aromatic carbocycles. The Balaban J connectivity index is 1.77. The standard InChI is InChI=1S/C25H19Br/c1-25(2)22-14-10-17-5-3-4-6-20(17)24(22)21-13-9-18(15-23(21)25)16-7-11-19(26)12-8-16/h3-15H,1-2H3. The van der Waals surface area contributed by atoms with Gasteiger partial charge in [-0.3, -0.25) is 0 Å². The third-order valence-electron chi connectivity index (χ3n) is 5.74. The van der Waals surface area contributed by atoms with Crippen LogP contribution in [0.3, 0.4) is 0 Å². The summed E-state index contributed by atoms with van der Waals surface area (Å²) in [4.78, 5) is 0. The summed E-state index contributed by atoms with van der Waals surface area (Å²) in [7, 11) is 0. The van der Waals surface area contributed by atoms with Crippen LogP contribution in [0.15, 0.2) is 83.3 Å². The van der Waals surface area contributed by atoms with Crippen molar-refractivity contribution in [3.63, 3.8) is 0 Å². The second-order valence-corrected chi connectivity index (χ2v) is 8.52. The van der Waals surface area contributed by atoms with Crippen LogP contribution in [0.25, 0.3) is 33.0 Å². The maximum Gasteiger partial charge on any atom is 0.0175 e. The van der Waals surface area contributed by atoms with Gasteiger partial charge in [0.1, 0.15) is 0 Å². The van der Waals surface area contributed by atoms with E-state index in [9.17, 15) is 0 Å². The van der Waals surface area contributed by atoms with Gasteiger partial charge in [0.15, 0.2) is 0 Å². The highest BCUT2D eigenvalue weighted by molar-refractivity contribution is 9.10. The summed E-state index contributed by atoms with van der Waals surface area (Å²) in [5.41, 5.74) is 8.19. The largest absolute Gasteiger partial charge is 0.0616 e. The van der Waals surface area contributed by atoms with Gasteiger partial charge in [-0.2, -0.15) is 0 Å². The Labute approximate surface area is 162 Å². The average molecular weight is 399 g/mol. The highest BCUT2D eigenvalue weighted by atomic mass is 79.9. The monoisotopic (exact) mass is 398 g/mol. The van der Waals surface area contributed by atoms with Crippen molar-refractivity contribution in [3.05, 3.63) is 94.5 Å². The van der Waals surface area contributed by atoms with Crippen molar-refractivity contribution in [1.82, 2.24) is 0 Å². The maximum atomic E-state index is 3.53. The molecule has 26 heavy (non-hydrogen) atoms. The van der Waals surface area contributed by atoms with E-state index in [1.807, 2.05) is 0 Å². The van der Waals surface area contributed by atoms with E-state index in [1.54, 1.807) is 0 Å². The van der Waals surface area contributed by atoms with Crippen molar-refractivity contribution in [1.29, 1.82) is 0 Å². The molecule has 0 unspecified atom stereocenters. The van der Waals surface area contributed by atoms with Gasteiger partial charge in [0.05, 0.1) is 0 Å². The lowest BCUT2D eigenvalue weighted by Crippen LogP contribution is -2.15. The highest BCUT2D eigenvalue weighted by Crippen LogP contribution is 2.52. The molecule has 0 fully saturated rings. The minimum absolute atomic E-state index is 0.0140. The first-order chi connectivity index (χ1) is 12.6. The van der Waals surface area contributed by atoms with Crippen molar-refractivity contribution in [2.24, 2.45) is 0 Å². The number of hydrogen-bond donors (Lipinski definition) is 0. The van der Waals surface area contributed by atoms with Crippen LogP contribution in [0.2, 0.25) is 0 Å². The molecule has 0 amide bonds. The molecule has 0 radical (unpaired) electrons. The lowest BCUT2D eigenvalue weighted by atomic mass is 9.81. The maximum absolute atomic E-state index is 3.53. The van der Waals surface area contributed by atoms with E-state index in [0.717, 1.165) is 4.47 Å². The van der Waals surface area contributed by atoms with Gasteiger partial charge in [-0.1, -0.05) is 90.4 Å². The first kappa shape index (κ1) is 15.8. The number of benzene rings is 4. The molecule has 0 saturated heterocycles. The molecule has 0 nitrogen and oxygen atoms in total. The molecule has 0 saturated carbocycles. The molecule has 5 rings (SSSR count). The van der Waals surface area contributed by atoms with Crippen LogP contribution < -0.4 is 0 Å². The van der Waals surface area contributed by atoms with Crippen LogP contribution in [-0.4, -0.2) is 0 Å². The summed E-state index contributed by atoms with van der Waals surface area (Å²) >= 11 is 3.53. The zero-order valence-corrected chi connectivity index (χ0v) is 16.5. The summed E-state index contributed by atoms with van der Waals surface area (Å²) in [6.07, 6.45) is 0. The molecule has 0 spiro atoms. The van der Waals surface area contributed by atoms with Crippen LogP contribution in [0.5, 0.6) is 0 Å². The van der Waals surface area contributed by atoms with Crippen LogP contribution in [0.4, 0.5) is 0 Å². The molecule has 1 aliphatic rings. The second kappa shape index (κ2) is 5.56. The van der Waals surface area contributed by atoms with E-state index in [0.29, 0.717) is 0 Å². The predicted molar refractivity (Wildman–Crippen MR) is 115 cm³/mol. The van der Waals surface area contributed by atoms with Crippen LogP contribution in [0, 0.1) is 0 Å². The van der Waals surface area contributed by atoms with Crippen molar-refractivity contribution in [2.45, 2.75) is 19.3 Å². The zero-order chi connectivity index (χ0) is 17.9. The van der Waals surface area contributed by atoms with E-state index >= 15 is 0 Å². The molecule has 1 heteroatoms. The predicted octanol–water partition coefficient (Wildman–Crippen LogP) is 7.58. The number of fused-ring (bicyclic) bond motifs is 5. The summed E-state index contributed by atoms with van der Waals surface area (Å²) in [6.45, 7) is 4.69. The minimum Gasteiger partial charge on any atom is -0.0616 e. The fourth-order valence-corrected chi connectivity index (χ4v) is 4.59. The molecule has 0 aliphatic heterocycles. The Morgan fingerprint density at radius 2 is 1.42 bits per heavy atom. The van der Waals surface area contributed by atoms with Gasteiger partial charge in [-0.05, 0) is 62.4 Å². The molecule has 0 heterocycles. The third kappa shape index (κ3) is 2.20. The van der Waals surface area contributed by atoms with Crippen molar-refractivity contribution in [2.75, 3.05) is 0 Å². The molecule has 0 atom stereocenters. The summed E-state index contributed by atoms with van der Waals surface area (Å²) < 4.78 is 1.11. The summed E-state index contributed by atoms with van der Waals surface area (Å²) in [5, 5.41) is 2.67. The van der Waals surface area contributed by atoms with Gasteiger partial charge in [-0.25, -0.2) is 0 Å². The Hall–Kier alpha value is -2.38. The first-order valence-corrected chi connectivity index (χ1v) is 9.78. The van der Waals surface area contributed by atoms with Crippen molar-refractivity contribution in [3.8, 4) is 22.3 Å². The van der Waals surface area contributed by atoms with Crippen molar-refractivity contribution >= 4 is 26.7 Å². The van der Waals surface area contributed by atoms with E-state index in [-0.39, 0.29) is 5.41 Å². The van der Waals surface area contributed by atoms with E-state index in [4.69, 9.17) is 0 Å². The van der Waals surface area contributed by atoms with Gasteiger partial charge < -0.3 is 0 Å². The number of halogens is 1. The van der Waals surface area contributed by atoms with E-state index in [1.165, 1.54) is 44.2 Å². The Morgan fingerprint density at radius 3 is 2.23 bits per heavy atom. The Morgan fingerprint density at radius 1 is 0.692 bits per heavy atom. The zero-order valence-electron chi connectivity index (χ0n) is 14.9. The number of hydrogen-bond acceptors (Lipinski definition) is 0. The minimum atomic E-state index is 0.0140.